The summed E-state index contributed by atoms with van der Waals surface area (Å²) in [6, 6.07) is 12.1. The minimum absolute atomic E-state index is 0.0948. The molecule has 36 heavy (non-hydrogen) atoms. The van der Waals surface area contributed by atoms with E-state index in [1.165, 1.54) is 0 Å². The zero-order valence-corrected chi connectivity index (χ0v) is 22.2. The van der Waals surface area contributed by atoms with Crippen LogP contribution in [0.5, 0.6) is 11.5 Å². The highest BCUT2D eigenvalue weighted by molar-refractivity contribution is 6.46. The predicted octanol–water partition coefficient (Wildman–Crippen LogP) is 4.98. The summed E-state index contributed by atoms with van der Waals surface area (Å²) in [4.78, 5) is 30.1. The number of aliphatic hydroxyl groups excluding tert-OH is 1. The lowest BCUT2D eigenvalue weighted by Crippen LogP contribution is -2.32. The average Bonchev–Trinajstić information content (AvgIpc) is 3.09. The first kappa shape index (κ1) is 27.3. The smallest absolute Gasteiger partial charge is 0.295 e. The van der Waals surface area contributed by atoms with Gasteiger partial charge in [0, 0.05) is 12.1 Å². The topological polar surface area (TPSA) is 79.3 Å². The van der Waals surface area contributed by atoms with Crippen LogP contribution in [0.3, 0.4) is 0 Å². The second kappa shape index (κ2) is 12.1. The molecule has 0 spiro atoms. The summed E-state index contributed by atoms with van der Waals surface area (Å²) < 4.78 is 11.4. The first-order chi connectivity index (χ1) is 17.2. The molecule has 0 aromatic heterocycles. The molecule has 1 aliphatic rings. The second-order valence-electron chi connectivity index (χ2n) is 9.50. The molecule has 0 aliphatic carbocycles. The van der Waals surface area contributed by atoms with E-state index in [1.54, 1.807) is 11.0 Å². The Balaban J connectivity index is 2.15. The number of ketones is 1. The van der Waals surface area contributed by atoms with E-state index in [0.29, 0.717) is 37.5 Å². The minimum atomic E-state index is -0.707. The van der Waals surface area contributed by atoms with E-state index in [2.05, 4.69) is 0 Å². The third kappa shape index (κ3) is 5.90. The highest BCUT2D eigenvalue weighted by atomic mass is 16.5. The van der Waals surface area contributed by atoms with Crippen LogP contribution in [0.1, 0.15) is 62.8 Å². The number of aliphatic hydroxyl groups is 1. The molecule has 2 aromatic carbocycles. The molecule has 7 heteroatoms. The Hall–Kier alpha value is -3.32. The van der Waals surface area contributed by atoms with Crippen LogP contribution in [0.2, 0.25) is 0 Å². The zero-order chi connectivity index (χ0) is 26.4. The van der Waals surface area contributed by atoms with E-state index in [1.807, 2.05) is 83.1 Å². The number of Topliss-reactive ketones (excluding diaryl/α,β-unsaturated/α-hetero) is 1. The fraction of sp³-hybridized carbons (Fsp3) is 0.448. The first-order valence-electron chi connectivity index (χ1n) is 12.6. The van der Waals surface area contributed by atoms with Crippen LogP contribution in [-0.2, 0) is 9.59 Å². The molecule has 0 saturated carbocycles. The van der Waals surface area contributed by atoms with Crippen molar-refractivity contribution < 1.29 is 24.2 Å². The first-order valence-corrected chi connectivity index (χ1v) is 12.6. The Morgan fingerprint density at radius 2 is 1.78 bits per heavy atom. The van der Waals surface area contributed by atoms with Gasteiger partial charge in [0.15, 0.2) is 0 Å². The van der Waals surface area contributed by atoms with Crippen molar-refractivity contribution in [3.05, 3.63) is 64.7 Å². The Labute approximate surface area is 214 Å². The van der Waals surface area contributed by atoms with Crippen molar-refractivity contribution in [1.29, 1.82) is 0 Å². The number of benzene rings is 2. The number of hydrogen-bond acceptors (Lipinski definition) is 6. The maximum Gasteiger partial charge on any atom is 0.295 e. The van der Waals surface area contributed by atoms with Gasteiger partial charge in [-0.15, -0.1) is 0 Å². The Morgan fingerprint density at radius 3 is 2.42 bits per heavy atom. The van der Waals surface area contributed by atoms with Gasteiger partial charge in [-0.25, -0.2) is 0 Å². The molecule has 7 nitrogen and oxygen atoms in total. The molecule has 1 amide bonds. The van der Waals surface area contributed by atoms with Gasteiger partial charge >= 0.3 is 0 Å². The second-order valence-corrected chi connectivity index (χ2v) is 9.50. The Bertz CT molecular complexity index is 1120. The fourth-order valence-electron chi connectivity index (χ4n) is 4.54. The number of nitrogens with zero attached hydrogens (tertiary/aromatic N) is 2. The summed E-state index contributed by atoms with van der Waals surface area (Å²) in [5.74, 6) is 0.0825. The highest BCUT2D eigenvalue weighted by Gasteiger charge is 2.46. The van der Waals surface area contributed by atoms with Crippen LogP contribution >= 0.6 is 0 Å². The molecule has 1 N–H and O–H groups in total. The van der Waals surface area contributed by atoms with Crippen molar-refractivity contribution in [3.63, 3.8) is 0 Å². The summed E-state index contributed by atoms with van der Waals surface area (Å²) >= 11 is 0. The lowest BCUT2D eigenvalue weighted by molar-refractivity contribution is -0.139. The molecular weight excluding hydrogens is 456 g/mol. The van der Waals surface area contributed by atoms with Gasteiger partial charge in [-0.3, -0.25) is 9.59 Å². The molecule has 1 atom stereocenters. The number of carbonyl (C=O) groups is 2. The van der Waals surface area contributed by atoms with Gasteiger partial charge in [0.1, 0.15) is 17.3 Å². The van der Waals surface area contributed by atoms with Crippen molar-refractivity contribution in [2.75, 3.05) is 40.4 Å². The number of amides is 1. The van der Waals surface area contributed by atoms with Gasteiger partial charge < -0.3 is 24.4 Å². The number of ether oxygens (including phenoxy) is 2. The summed E-state index contributed by atoms with van der Waals surface area (Å²) in [6.45, 7) is 10.1. The van der Waals surface area contributed by atoms with E-state index in [4.69, 9.17) is 9.47 Å². The predicted molar refractivity (Wildman–Crippen MR) is 141 cm³/mol. The highest BCUT2D eigenvalue weighted by Crippen LogP contribution is 2.41. The Kier molecular flexibility index (Phi) is 9.15. The molecule has 0 bridgehead atoms. The standard InChI is InChI=1S/C29H38N2O5/c1-7-35-22-12-9-11-20(17-22)26-25(28(33)29(34)31(26)16-10-15-30(5)6)27(32)21-13-14-24(36-8-2)23(18-21)19(3)4/h9,11-14,17-19,26,32H,7-8,10,15-16H2,1-6H3/b27-25+. The largest absolute Gasteiger partial charge is 0.507 e. The van der Waals surface area contributed by atoms with E-state index in [0.717, 1.165) is 23.4 Å². The molecular formula is C29H38N2O5. The minimum Gasteiger partial charge on any atom is -0.507 e. The number of hydrogen-bond donors (Lipinski definition) is 1. The van der Waals surface area contributed by atoms with Crippen molar-refractivity contribution in [2.24, 2.45) is 0 Å². The monoisotopic (exact) mass is 494 g/mol. The van der Waals surface area contributed by atoms with Crippen LogP contribution in [0, 0.1) is 0 Å². The van der Waals surface area contributed by atoms with Gasteiger partial charge in [0.05, 0.1) is 24.8 Å². The summed E-state index contributed by atoms with van der Waals surface area (Å²) in [7, 11) is 3.94. The van der Waals surface area contributed by atoms with E-state index >= 15 is 0 Å². The summed E-state index contributed by atoms with van der Waals surface area (Å²) in [5, 5.41) is 11.5. The van der Waals surface area contributed by atoms with Gasteiger partial charge in [-0.2, -0.15) is 0 Å². The molecule has 0 radical (unpaired) electrons. The van der Waals surface area contributed by atoms with Crippen molar-refractivity contribution in [3.8, 4) is 11.5 Å². The molecule has 1 fully saturated rings. The Morgan fingerprint density at radius 1 is 1.06 bits per heavy atom. The lowest BCUT2D eigenvalue weighted by Gasteiger charge is -2.26. The van der Waals surface area contributed by atoms with Gasteiger partial charge in [0.25, 0.3) is 11.7 Å². The van der Waals surface area contributed by atoms with Gasteiger partial charge in [0.2, 0.25) is 0 Å². The average molecular weight is 495 g/mol. The van der Waals surface area contributed by atoms with E-state index in [9.17, 15) is 14.7 Å². The molecule has 2 aromatic rings. The lowest BCUT2D eigenvalue weighted by atomic mass is 9.93. The van der Waals surface area contributed by atoms with Crippen molar-refractivity contribution in [1.82, 2.24) is 9.80 Å². The van der Waals surface area contributed by atoms with Gasteiger partial charge in [-0.05, 0) is 88.3 Å². The third-order valence-corrected chi connectivity index (χ3v) is 6.23. The molecule has 1 heterocycles. The molecule has 194 valence electrons. The molecule has 1 aliphatic heterocycles. The van der Waals surface area contributed by atoms with Crippen molar-refractivity contribution in [2.45, 2.75) is 46.1 Å². The molecule has 1 saturated heterocycles. The number of likely N-dealkylation sites (tertiary alicyclic amines) is 1. The normalized spacial score (nSPS) is 17.3. The van der Waals surface area contributed by atoms with Crippen molar-refractivity contribution >= 4 is 17.4 Å². The van der Waals surface area contributed by atoms with E-state index < -0.39 is 17.7 Å². The summed E-state index contributed by atoms with van der Waals surface area (Å²) in [6.07, 6.45) is 0.697. The summed E-state index contributed by atoms with van der Waals surface area (Å²) in [5.41, 5.74) is 2.23. The number of rotatable bonds is 11. The van der Waals surface area contributed by atoms with Crippen LogP contribution < -0.4 is 9.47 Å². The van der Waals surface area contributed by atoms with Crippen LogP contribution in [0.4, 0.5) is 0 Å². The number of carbonyl (C=O) groups excluding carboxylic acids is 2. The van der Waals surface area contributed by atoms with Crippen LogP contribution in [-0.4, -0.2) is 67.0 Å². The maximum atomic E-state index is 13.3. The van der Waals surface area contributed by atoms with Gasteiger partial charge in [-0.1, -0.05) is 26.0 Å². The zero-order valence-electron chi connectivity index (χ0n) is 22.2. The van der Waals surface area contributed by atoms with E-state index in [-0.39, 0.29) is 17.3 Å². The maximum absolute atomic E-state index is 13.3. The third-order valence-electron chi connectivity index (χ3n) is 6.23. The van der Waals surface area contributed by atoms with Crippen LogP contribution in [0.15, 0.2) is 48.0 Å². The fourth-order valence-corrected chi connectivity index (χ4v) is 4.54. The molecule has 3 rings (SSSR count). The quantitative estimate of drug-likeness (QED) is 0.270. The van der Waals surface area contributed by atoms with Crippen LogP contribution in [0.25, 0.3) is 5.76 Å². The SMILES string of the molecule is CCOc1cccc(C2/C(=C(\O)c3ccc(OCC)c(C(C)C)c3)C(=O)C(=O)N2CCCN(C)C)c1. The molecule has 1 unspecified atom stereocenters.